The van der Waals surface area contributed by atoms with Gasteiger partial charge < -0.3 is 4.90 Å². The molecule has 6 heteroatoms. The van der Waals surface area contributed by atoms with E-state index >= 15 is 0 Å². The van der Waals surface area contributed by atoms with Crippen LogP contribution in [-0.4, -0.2) is 22.3 Å². The first-order valence-electron chi connectivity index (χ1n) is 5.76. The fraction of sp³-hybridized carbons (Fsp3) is 0.231. The molecule has 1 amide bonds. The van der Waals surface area contributed by atoms with Gasteiger partial charge in [0.2, 0.25) is 0 Å². The highest BCUT2D eigenvalue weighted by atomic mass is 79.9. The van der Waals surface area contributed by atoms with Crippen LogP contribution in [-0.2, 0) is 6.54 Å². The van der Waals surface area contributed by atoms with E-state index in [9.17, 15) is 4.79 Å². The summed E-state index contributed by atoms with van der Waals surface area (Å²) in [6, 6.07) is 9.07. The van der Waals surface area contributed by atoms with Gasteiger partial charge in [-0.05, 0) is 47.1 Å². The van der Waals surface area contributed by atoms with E-state index in [4.69, 9.17) is 11.6 Å². The van der Waals surface area contributed by atoms with E-state index in [-0.39, 0.29) is 5.91 Å². The van der Waals surface area contributed by atoms with E-state index < -0.39 is 0 Å². The van der Waals surface area contributed by atoms with E-state index in [1.807, 2.05) is 19.1 Å². The number of pyridine rings is 1. The predicted octanol–water partition coefficient (Wildman–Crippen LogP) is 4.22. The van der Waals surface area contributed by atoms with Gasteiger partial charge >= 0.3 is 0 Å². The topological polar surface area (TPSA) is 33.2 Å². The molecular weight excluding hydrogens is 348 g/mol. The lowest BCUT2D eigenvalue weighted by molar-refractivity contribution is 0.0748. The van der Waals surface area contributed by atoms with E-state index in [2.05, 4.69) is 20.9 Å². The van der Waals surface area contributed by atoms with Crippen LogP contribution in [0.4, 0.5) is 0 Å². The minimum absolute atomic E-state index is 0.102. The summed E-state index contributed by atoms with van der Waals surface area (Å²) in [5.41, 5.74) is 0.380. The molecule has 0 aliphatic carbocycles. The van der Waals surface area contributed by atoms with E-state index in [1.54, 1.807) is 34.4 Å². The van der Waals surface area contributed by atoms with Crippen molar-refractivity contribution in [2.45, 2.75) is 13.5 Å². The first-order valence-corrected chi connectivity index (χ1v) is 7.75. The molecule has 0 spiro atoms. The molecule has 2 aromatic rings. The van der Waals surface area contributed by atoms with Gasteiger partial charge in [0.15, 0.2) is 0 Å². The van der Waals surface area contributed by atoms with Gasteiger partial charge in [-0.25, -0.2) is 4.98 Å². The number of amides is 1. The van der Waals surface area contributed by atoms with E-state index in [0.29, 0.717) is 23.9 Å². The van der Waals surface area contributed by atoms with Crippen LogP contribution in [0.25, 0.3) is 0 Å². The fourth-order valence-corrected chi connectivity index (χ4v) is 3.30. The number of carbonyl (C=O) groups excluding carboxylic acids is 1. The number of thiophene rings is 1. The summed E-state index contributed by atoms with van der Waals surface area (Å²) < 4.78 is 1.06. The third-order valence-corrected chi connectivity index (χ3v) is 4.40. The van der Waals surface area contributed by atoms with E-state index in [0.717, 1.165) is 8.66 Å². The first-order chi connectivity index (χ1) is 9.10. The van der Waals surface area contributed by atoms with Crippen molar-refractivity contribution in [3.8, 4) is 0 Å². The molecule has 0 bridgehead atoms. The van der Waals surface area contributed by atoms with E-state index in [1.165, 1.54) is 0 Å². The number of hydrogen-bond acceptors (Lipinski definition) is 3. The molecule has 2 rings (SSSR count). The number of halogens is 2. The van der Waals surface area contributed by atoms with Gasteiger partial charge in [-0.15, -0.1) is 11.3 Å². The van der Waals surface area contributed by atoms with Crippen molar-refractivity contribution in [2.75, 3.05) is 6.54 Å². The molecule has 0 unspecified atom stereocenters. The summed E-state index contributed by atoms with van der Waals surface area (Å²) in [7, 11) is 0. The Morgan fingerprint density at radius 3 is 2.79 bits per heavy atom. The zero-order valence-corrected chi connectivity index (χ0v) is 13.4. The van der Waals surface area contributed by atoms with Crippen LogP contribution in [0.2, 0.25) is 5.15 Å². The molecule has 0 N–H and O–H groups in total. The molecule has 100 valence electrons. The highest BCUT2D eigenvalue weighted by molar-refractivity contribution is 9.11. The van der Waals surface area contributed by atoms with Gasteiger partial charge in [0, 0.05) is 11.4 Å². The molecule has 2 heterocycles. The Balaban J connectivity index is 2.15. The largest absolute Gasteiger partial charge is 0.332 e. The highest BCUT2D eigenvalue weighted by Crippen LogP contribution is 2.23. The number of rotatable bonds is 4. The number of hydrogen-bond donors (Lipinski definition) is 0. The van der Waals surface area contributed by atoms with Crippen LogP contribution in [0, 0.1) is 0 Å². The smallest absolute Gasteiger partial charge is 0.272 e. The predicted molar refractivity (Wildman–Crippen MR) is 81.7 cm³/mol. The molecule has 0 fully saturated rings. The summed E-state index contributed by atoms with van der Waals surface area (Å²) in [4.78, 5) is 19.3. The molecule has 0 atom stereocenters. The van der Waals surface area contributed by atoms with Gasteiger partial charge in [-0.3, -0.25) is 4.79 Å². The van der Waals surface area contributed by atoms with Crippen LogP contribution in [0.5, 0.6) is 0 Å². The maximum atomic E-state index is 12.3. The summed E-state index contributed by atoms with van der Waals surface area (Å²) >= 11 is 10.9. The second-order valence-corrected chi connectivity index (χ2v) is 6.81. The highest BCUT2D eigenvalue weighted by Gasteiger charge is 2.16. The molecule has 3 nitrogen and oxygen atoms in total. The van der Waals surface area contributed by atoms with Crippen molar-refractivity contribution >= 4 is 44.8 Å². The number of aromatic nitrogens is 1. The van der Waals surface area contributed by atoms with Gasteiger partial charge in [-0.2, -0.15) is 0 Å². The Hall–Kier alpha value is -0.910. The van der Waals surface area contributed by atoms with Crippen LogP contribution in [0.3, 0.4) is 0 Å². The molecule has 0 aromatic carbocycles. The summed E-state index contributed by atoms with van der Waals surface area (Å²) in [6.07, 6.45) is 0. The molecule has 2 aromatic heterocycles. The number of nitrogens with zero attached hydrogens (tertiary/aromatic N) is 2. The third-order valence-electron chi connectivity index (χ3n) is 2.58. The van der Waals surface area contributed by atoms with Gasteiger partial charge in [0.25, 0.3) is 5.91 Å². The third kappa shape index (κ3) is 3.78. The second-order valence-electron chi connectivity index (χ2n) is 3.87. The Morgan fingerprint density at radius 1 is 1.42 bits per heavy atom. The minimum atomic E-state index is -0.102. The Bertz CT molecular complexity index is 588. The molecule has 0 radical (unpaired) electrons. The molecule has 0 saturated carbocycles. The zero-order valence-electron chi connectivity index (χ0n) is 10.3. The maximum Gasteiger partial charge on any atom is 0.272 e. The number of carbonyl (C=O) groups is 1. The molecule has 0 saturated heterocycles. The fourth-order valence-electron chi connectivity index (χ4n) is 1.64. The summed E-state index contributed by atoms with van der Waals surface area (Å²) in [5, 5.41) is 0.334. The Kier molecular flexibility index (Phi) is 4.96. The molecule has 0 aliphatic rings. The lowest BCUT2D eigenvalue weighted by Crippen LogP contribution is -2.30. The molecule has 19 heavy (non-hydrogen) atoms. The lowest BCUT2D eigenvalue weighted by atomic mass is 10.3. The van der Waals surface area contributed by atoms with Crippen molar-refractivity contribution in [3.63, 3.8) is 0 Å². The first kappa shape index (κ1) is 14.5. The van der Waals surface area contributed by atoms with Gasteiger partial charge in [0.1, 0.15) is 10.8 Å². The van der Waals surface area contributed by atoms with Crippen LogP contribution < -0.4 is 0 Å². The minimum Gasteiger partial charge on any atom is -0.332 e. The quantitative estimate of drug-likeness (QED) is 0.766. The maximum absolute atomic E-state index is 12.3. The molecule has 0 aliphatic heterocycles. The Labute approximate surface area is 129 Å². The van der Waals surface area contributed by atoms with Crippen LogP contribution in [0.15, 0.2) is 34.1 Å². The van der Waals surface area contributed by atoms with Crippen molar-refractivity contribution in [1.82, 2.24) is 9.88 Å². The Morgan fingerprint density at radius 2 is 2.21 bits per heavy atom. The normalized spacial score (nSPS) is 10.5. The van der Waals surface area contributed by atoms with Gasteiger partial charge in [-0.1, -0.05) is 17.7 Å². The van der Waals surface area contributed by atoms with Crippen LogP contribution >= 0.6 is 38.9 Å². The second kappa shape index (κ2) is 6.50. The summed E-state index contributed by atoms with van der Waals surface area (Å²) in [5.74, 6) is -0.102. The lowest BCUT2D eigenvalue weighted by Gasteiger charge is -2.19. The molecular formula is C13H12BrClN2OS. The standard InChI is InChI=1S/C13H12BrClN2OS/c1-2-17(8-9-6-7-11(14)19-9)13(18)10-4-3-5-12(15)16-10/h3-7H,2,8H2,1H3. The summed E-state index contributed by atoms with van der Waals surface area (Å²) in [6.45, 7) is 3.16. The van der Waals surface area contributed by atoms with Crippen molar-refractivity contribution in [2.24, 2.45) is 0 Å². The van der Waals surface area contributed by atoms with Crippen molar-refractivity contribution in [3.05, 3.63) is 49.8 Å². The average Bonchev–Trinajstić information content (AvgIpc) is 2.81. The monoisotopic (exact) mass is 358 g/mol. The average molecular weight is 360 g/mol. The SMILES string of the molecule is CCN(Cc1ccc(Br)s1)C(=O)c1cccc(Cl)n1. The van der Waals surface area contributed by atoms with Crippen molar-refractivity contribution in [1.29, 1.82) is 0 Å². The zero-order chi connectivity index (χ0) is 13.8. The van der Waals surface area contributed by atoms with Crippen LogP contribution in [0.1, 0.15) is 22.3 Å². The van der Waals surface area contributed by atoms with Crippen molar-refractivity contribution < 1.29 is 4.79 Å². The van der Waals surface area contributed by atoms with Gasteiger partial charge in [0.05, 0.1) is 10.3 Å².